The van der Waals surface area contributed by atoms with Crippen molar-refractivity contribution in [2.24, 2.45) is 5.41 Å². The van der Waals surface area contributed by atoms with Crippen molar-refractivity contribution in [3.05, 3.63) is 68.6 Å². The minimum atomic E-state index is -1.01. The summed E-state index contributed by atoms with van der Waals surface area (Å²) >= 11 is 7.72. The van der Waals surface area contributed by atoms with E-state index in [2.05, 4.69) is 4.98 Å². The fourth-order valence-corrected chi connectivity index (χ4v) is 5.95. The number of hydrogen-bond donors (Lipinski definition) is 1. The van der Waals surface area contributed by atoms with Crippen LogP contribution in [0.25, 0.3) is 0 Å². The number of anilines is 1. The van der Waals surface area contributed by atoms with Crippen molar-refractivity contribution in [1.82, 2.24) is 4.98 Å². The van der Waals surface area contributed by atoms with Crippen molar-refractivity contribution in [2.75, 3.05) is 32.3 Å². The summed E-state index contributed by atoms with van der Waals surface area (Å²) in [5.74, 6) is -0.764. The largest absolute Gasteiger partial charge is 0.493 e. The van der Waals surface area contributed by atoms with E-state index in [0.29, 0.717) is 43.2 Å². The molecule has 0 spiro atoms. The van der Waals surface area contributed by atoms with E-state index < -0.39 is 29.6 Å². The molecule has 3 aromatic rings. The summed E-state index contributed by atoms with van der Waals surface area (Å²) in [6.07, 6.45) is -0.356. The van der Waals surface area contributed by atoms with E-state index >= 15 is 0 Å². The fourth-order valence-electron chi connectivity index (χ4n) is 4.83. The van der Waals surface area contributed by atoms with Crippen LogP contribution < -0.4 is 14.4 Å². The van der Waals surface area contributed by atoms with Gasteiger partial charge in [0.1, 0.15) is 12.2 Å². The maximum absolute atomic E-state index is 14.3. The smallest absolute Gasteiger partial charge is 0.308 e. The van der Waals surface area contributed by atoms with Crippen molar-refractivity contribution in [2.45, 2.75) is 45.8 Å². The number of halogens is 1. The van der Waals surface area contributed by atoms with Gasteiger partial charge < -0.3 is 29.0 Å². The molecule has 0 fully saturated rings. The Bertz CT molecular complexity index is 1470. The van der Waals surface area contributed by atoms with Gasteiger partial charge in [0.15, 0.2) is 11.5 Å². The Labute approximate surface area is 253 Å². The molecule has 2 aromatic carbocycles. The SMILES string of the molecule is COc1cccc([C@H]2O[C@H](Cc3ncc(CC(=O)O)s3)C(=O)N(CC(C)(C)COC(C)=O)c3ccc(Cl)cc32)c1OC. The molecule has 1 aliphatic rings. The third-order valence-corrected chi connectivity index (χ3v) is 7.91. The number of carboxylic acid groups (broad SMARTS) is 1. The highest BCUT2D eigenvalue weighted by atomic mass is 35.5. The minimum absolute atomic E-state index is 0.0960. The van der Waals surface area contributed by atoms with E-state index in [9.17, 15) is 19.5 Å². The first-order valence-corrected chi connectivity index (χ1v) is 14.4. The third kappa shape index (κ3) is 7.21. The van der Waals surface area contributed by atoms with Gasteiger partial charge >= 0.3 is 11.9 Å². The number of esters is 1. The number of para-hydroxylation sites is 1. The molecule has 42 heavy (non-hydrogen) atoms. The molecule has 0 bridgehead atoms. The molecule has 2 atom stereocenters. The van der Waals surface area contributed by atoms with E-state index in [-0.39, 0.29) is 31.9 Å². The van der Waals surface area contributed by atoms with Crippen molar-refractivity contribution in [3.8, 4) is 11.5 Å². The second-order valence-electron chi connectivity index (χ2n) is 10.7. The van der Waals surface area contributed by atoms with Gasteiger partial charge in [-0.05, 0) is 24.3 Å². The van der Waals surface area contributed by atoms with E-state index in [1.165, 1.54) is 38.7 Å². The number of benzene rings is 2. The van der Waals surface area contributed by atoms with E-state index in [1.54, 1.807) is 29.2 Å². The number of amides is 1. The van der Waals surface area contributed by atoms with Gasteiger partial charge in [-0.25, -0.2) is 4.98 Å². The lowest BCUT2D eigenvalue weighted by molar-refractivity contribution is -0.144. The van der Waals surface area contributed by atoms with Crippen LogP contribution in [0.2, 0.25) is 5.02 Å². The topological polar surface area (TPSA) is 124 Å². The van der Waals surface area contributed by atoms with Gasteiger partial charge in [0, 0.05) is 58.2 Å². The normalized spacial score (nSPS) is 16.9. The number of nitrogens with zero attached hydrogens (tertiary/aromatic N) is 2. The van der Waals surface area contributed by atoms with Crippen LogP contribution in [0.15, 0.2) is 42.6 Å². The van der Waals surface area contributed by atoms with Crippen LogP contribution in [0.5, 0.6) is 11.5 Å². The Balaban J connectivity index is 1.85. The standard InChI is InChI=1S/C30H33ClN2O8S/c1-17(34)40-16-30(2,3)15-33-22-10-9-18(31)11-21(22)27(20-7-6-8-23(38-4)28(20)39-5)41-24(29(33)37)13-25-32-14-19(42-25)12-26(35)36/h6-11,14,24,27H,12-13,15-16H2,1-5H3,(H,35,36)/t24-,27-/m1/s1. The number of aliphatic carboxylic acids is 1. The second-order valence-corrected chi connectivity index (χ2v) is 12.3. The quantitative estimate of drug-likeness (QED) is 0.293. The highest BCUT2D eigenvalue weighted by Crippen LogP contribution is 2.45. The van der Waals surface area contributed by atoms with Gasteiger partial charge in [-0.1, -0.05) is 37.6 Å². The zero-order valence-electron chi connectivity index (χ0n) is 24.0. The second kappa shape index (κ2) is 13.1. The number of hydrogen-bond acceptors (Lipinski definition) is 9. The predicted molar refractivity (Wildman–Crippen MR) is 158 cm³/mol. The fraction of sp³-hybridized carbons (Fsp3) is 0.400. The number of fused-ring (bicyclic) bond motifs is 1. The third-order valence-electron chi connectivity index (χ3n) is 6.66. The number of methoxy groups -OCH3 is 2. The molecule has 1 aromatic heterocycles. The molecule has 0 aliphatic carbocycles. The van der Waals surface area contributed by atoms with Crippen LogP contribution in [-0.2, 0) is 36.7 Å². The monoisotopic (exact) mass is 616 g/mol. The van der Waals surface area contributed by atoms with Gasteiger partial charge in [0.2, 0.25) is 0 Å². The summed E-state index contributed by atoms with van der Waals surface area (Å²) in [6.45, 7) is 5.45. The molecule has 1 aliphatic heterocycles. The Hall–Kier alpha value is -3.67. The van der Waals surface area contributed by atoms with Crippen LogP contribution in [0.3, 0.4) is 0 Å². The molecular weight excluding hydrogens is 584 g/mol. The van der Waals surface area contributed by atoms with Gasteiger partial charge in [-0.15, -0.1) is 11.3 Å². The molecule has 10 nitrogen and oxygen atoms in total. The number of carbonyl (C=O) groups is 3. The lowest BCUT2D eigenvalue weighted by Crippen LogP contribution is -2.46. The maximum Gasteiger partial charge on any atom is 0.308 e. The molecule has 1 N–H and O–H groups in total. The number of carbonyl (C=O) groups excluding carboxylic acids is 2. The van der Waals surface area contributed by atoms with Crippen molar-refractivity contribution in [3.63, 3.8) is 0 Å². The molecule has 4 rings (SSSR count). The molecule has 1 amide bonds. The van der Waals surface area contributed by atoms with Crippen LogP contribution in [-0.4, -0.2) is 61.4 Å². The van der Waals surface area contributed by atoms with Crippen LogP contribution >= 0.6 is 22.9 Å². The lowest BCUT2D eigenvalue weighted by atomic mass is 9.92. The lowest BCUT2D eigenvalue weighted by Gasteiger charge is -2.33. The van der Waals surface area contributed by atoms with E-state index in [1.807, 2.05) is 26.0 Å². The first kappa shape index (κ1) is 31.3. The molecule has 0 saturated carbocycles. The van der Waals surface area contributed by atoms with Gasteiger partial charge in [0.25, 0.3) is 5.91 Å². The van der Waals surface area contributed by atoms with Crippen LogP contribution in [0.1, 0.15) is 47.9 Å². The predicted octanol–water partition coefficient (Wildman–Crippen LogP) is 5.09. The van der Waals surface area contributed by atoms with Crippen molar-refractivity contribution < 1.29 is 38.4 Å². The van der Waals surface area contributed by atoms with Crippen LogP contribution in [0, 0.1) is 5.41 Å². The van der Waals surface area contributed by atoms with Crippen molar-refractivity contribution >= 4 is 46.5 Å². The average molecular weight is 617 g/mol. The summed E-state index contributed by atoms with van der Waals surface area (Å²) in [6, 6.07) is 10.7. The summed E-state index contributed by atoms with van der Waals surface area (Å²) in [4.78, 5) is 43.7. The number of ether oxygens (including phenoxy) is 4. The molecule has 12 heteroatoms. The highest BCUT2D eigenvalue weighted by molar-refractivity contribution is 7.11. The Kier molecular flexibility index (Phi) is 9.75. The molecule has 224 valence electrons. The first-order chi connectivity index (χ1) is 19.9. The molecule has 0 saturated heterocycles. The Morgan fingerprint density at radius 3 is 2.60 bits per heavy atom. The molecule has 0 unspecified atom stereocenters. The number of rotatable bonds is 11. The molecular formula is C30H33ClN2O8S. The number of carboxylic acids is 1. The number of thiazole rings is 1. The van der Waals surface area contributed by atoms with Crippen LogP contribution in [0.4, 0.5) is 5.69 Å². The summed E-state index contributed by atoms with van der Waals surface area (Å²) < 4.78 is 23.2. The maximum atomic E-state index is 14.3. The van der Waals surface area contributed by atoms with Gasteiger partial charge in [0.05, 0.1) is 32.3 Å². The summed E-state index contributed by atoms with van der Waals surface area (Å²) in [5.41, 5.74) is 1.23. The summed E-state index contributed by atoms with van der Waals surface area (Å²) in [7, 11) is 3.07. The van der Waals surface area contributed by atoms with Crippen molar-refractivity contribution in [1.29, 1.82) is 0 Å². The minimum Gasteiger partial charge on any atom is -0.493 e. The highest BCUT2D eigenvalue weighted by Gasteiger charge is 2.40. The Morgan fingerprint density at radius 2 is 1.93 bits per heavy atom. The number of aromatic nitrogens is 1. The van der Waals surface area contributed by atoms with E-state index in [0.717, 1.165) is 0 Å². The zero-order chi connectivity index (χ0) is 30.6. The molecule has 2 heterocycles. The van der Waals surface area contributed by atoms with Gasteiger partial charge in [-0.2, -0.15) is 0 Å². The zero-order valence-corrected chi connectivity index (χ0v) is 25.6. The summed E-state index contributed by atoms with van der Waals surface area (Å²) in [5, 5.41) is 10.2. The average Bonchev–Trinajstić information content (AvgIpc) is 3.34. The Morgan fingerprint density at radius 1 is 1.17 bits per heavy atom. The van der Waals surface area contributed by atoms with E-state index in [4.69, 9.17) is 30.5 Å². The van der Waals surface area contributed by atoms with Gasteiger partial charge in [-0.3, -0.25) is 14.4 Å². The molecule has 0 radical (unpaired) electrons. The first-order valence-electron chi connectivity index (χ1n) is 13.2.